The SMILES string of the molecule is O=C(CSCc1ccc(Cl)cc1)N/N=C\c1ccc(OC2CSC2)cc1. The fourth-order valence-electron chi connectivity index (χ4n) is 2.16. The number of hydrazone groups is 1. The van der Waals surface area contributed by atoms with Gasteiger partial charge in [-0.3, -0.25) is 4.79 Å². The summed E-state index contributed by atoms with van der Waals surface area (Å²) in [7, 11) is 0. The van der Waals surface area contributed by atoms with Gasteiger partial charge in [-0.2, -0.15) is 16.9 Å². The van der Waals surface area contributed by atoms with E-state index in [4.69, 9.17) is 16.3 Å². The lowest BCUT2D eigenvalue weighted by Gasteiger charge is -2.25. The van der Waals surface area contributed by atoms with E-state index < -0.39 is 0 Å². The molecule has 2 aromatic rings. The third kappa shape index (κ3) is 6.27. The molecule has 1 saturated heterocycles. The molecule has 136 valence electrons. The standard InChI is InChI=1S/C19H19ClN2O2S2/c20-16-5-1-15(2-6-16)10-25-13-19(23)22-21-9-14-3-7-17(8-4-14)24-18-11-26-12-18/h1-9,18H,10-13H2,(H,22,23)/b21-9-. The van der Waals surface area contributed by atoms with Gasteiger partial charge in [-0.15, -0.1) is 11.8 Å². The molecule has 0 spiro atoms. The molecule has 1 fully saturated rings. The number of nitrogens with one attached hydrogen (secondary N) is 1. The van der Waals surface area contributed by atoms with E-state index in [-0.39, 0.29) is 5.91 Å². The van der Waals surface area contributed by atoms with Crippen LogP contribution in [0.25, 0.3) is 0 Å². The molecular formula is C19H19ClN2O2S2. The second-order valence-electron chi connectivity index (χ2n) is 5.76. The molecule has 0 atom stereocenters. The lowest BCUT2D eigenvalue weighted by atomic mass is 10.2. The molecular weight excluding hydrogens is 388 g/mol. The maximum Gasteiger partial charge on any atom is 0.250 e. The van der Waals surface area contributed by atoms with Crippen LogP contribution >= 0.6 is 35.1 Å². The summed E-state index contributed by atoms with van der Waals surface area (Å²) < 4.78 is 5.79. The first-order valence-corrected chi connectivity index (χ1v) is 10.9. The second-order valence-corrected chi connectivity index (χ2v) is 8.26. The van der Waals surface area contributed by atoms with Gasteiger partial charge in [-0.25, -0.2) is 5.43 Å². The number of rotatable bonds is 8. The van der Waals surface area contributed by atoms with Gasteiger partial charge in [0.1, 0.15) is 11.9 Å². The highest BCUT2D eigenvalue weighted by Crippen LogP contribution is 2.23. The van der Waals surface area contributed by atoms with Crippen molar-refractivity contribution in [3.8, 4) is 5.75 Å². The molecule has 0 saturated carbocycles. The Hall–Kier alpha value is -1.63. The minimum absolute atomic E-state index is 0.123. The van der Waals surface area contributed by atoms with Gasteiger partial charge < -0.3 is 4.74 Å². The molecule has 0 aliphatic carbocycles. The number of hydrogen-bond donors (Lipinski definition) is 1. The van der Waals surface area contributed by atoms with Crippen LogP contribution in [0, 0.1) is 0 Å². The van der Waals surface area contributed by atoms with E-state index in [0.29, 0.717) is 16.9 Å². The van der Waals surface area contributed by atoms with Gasteiger partial charge in [0, 0.05) is 22.3 Å². The van der Waals surface area contributed by atoms with Crippen molar-refractivity contribution in [3.63, 3.8) is 0 Å². The number of carbonyl (C=O) groups excluding carboxylic acids is 1. The number of thioether (sulfide) groups is 2. The smallest absolute Gasteiger partial charge is 0.250 e. The van der Waals surface area contributed by atoms with Crippen molar-refractivity contribution in [1.82, 2.24) is 5.43 Å². The molecule has 26 heavy (non-hydrogen) atoms. The zero-order valence-corrected chi connectivity index (χ0v) is 16.4. The second kappa shape index (κ2) is 9.90. The van der Waals surface area contributed by atoms with Gasteiger partial charge in [-0.05, 0) is 47.5 Å². The molecule has 4 nitrogen and oxygen atoms in total. The number of ether oxygens (including phenoxy) is 1. The van der Waals surface area contributed by atoms with Crippen LogP contribution in [-0.2, 0) is 10.5 Å². The fraction of sp³-hybridized carbons (Fsp3) is 0.263. The Morgan fingerprint density at radius 2 is 1.96 bits per heavy atom. The summed E-state index contributed by atoms with van der Waals surface area (Å²) >= 11 is 9.28. The number of benzene rings is 2. The van der Waals surface area contributed by atoms with Crippen molar-refractivity contribution in [2.24, 2.45) is 5.10 Å². The summed E-state index contributed by atoms with van der Waals surface area (Å²) in [6.45, 7) is 0. The summed E-state index contributed by atoms with van der Waals surface area (Å²) in [6.07, 6.45) is 1.97. The van der Waals surface area contributed by atoms with Crippen LogP contribution in [0.2, 0.25) is 5.02 Å². The van der Waals surface area contributed by atoms with Crippen molar-refractivity contribution in [2.45, 2.75) is 11.9 Å². The number of nitrogens with zero attached hydrogens (tertiary/aromatic N) is 1. The molecule has 1 heterocycles. The molecule has 3 rings (SSSR count). The Balaban J connectivity index is 1.35. The molecule has 1 N–H and O–H groups in total. The van der Waals surface area contributed by atoms with Crippen LogP contribution in [0.1, 0.15) is 11.1 Å². The Labute approximate surface area is 166 Å². The summed E-state index contributed by atoms with van der Waals surface area (Å²) in [4.78, 5) is 11.8. The third-order valence-electron chi connectivity index (χ3n) is 3.61. The molecule has 1 aliphatic heterocycles. The lowest BCUT2D eigenvalue weighted by molar-refractivity contribution is -0.118. The Bertz CT molecular complexity index is 747. The van der Waals surface area contributed by atoms with E-state index in [1.54, 1.807) is 6.21 Å². The van der Waals surface area contributed by atoms with Crippen molar-refractivity contribution < 1.29 is 9.53 Å². The van der Waals surface area contributed by atoms with Crippen LogP contribution in [0.5, 0.6) is 5.75 Å². The monoisotopic (exact) mass is 406 g/mol. The van der Waals surface area contributed by atoms with E-state index in [9.17, 15) is 4.79 Å². The summed E-state index contributed by atoms with van der Waals surface area (Å²) in [5, 5.41) is 4.71. The van der Waals surface area contributed by atoms with E-state index in [0.717, 1.165) is 34.1 Å². The maximum absolute atomic E-state index is 11.8. The van der Waals surface area contributed by atoms with E-state index in [2.05, 4.69) is 10.5 Å². The van der Waals surface area contributed by atoms with Crippen molar-refractivity contribution >= 4 is 47.2 Å². The van der Waals surface area contributed by atoms with Gasteiger partial charge in [0.15, 0.2) is 0 Å². The first-order valence-electron chi connectivity index (χ1n) is 8.17. The lowest BCUT2D eigenvalue weighted by Crippen LogP contribution is -2.30. The zero-order chi connectivity index (χ0) is 18.2. The molecule has 0 bridgehead atoms. The molecule has 1 amide bonds. The molecule has 7 heteroatoms. The van der Waals surface area contributed by atoms with Gasteiger partial charge >= 0.3 is 0 Å². The van der Waals surface area contributed by atoms with Crippen molar-refractivity contribution in [2.75, 3.05) is 17.3 Å². The predicted molar refractivity (Wildman–Crippen MR) is 112 cm³/mol. The van der Waals surface area contributed by atoms with E-state index in [1.807, 2.05) is 60.3 Å². The number of carbonyl (C=O) groups is 1. The topological polar surface area (TPSA) is 50.7 Å². The van der Waals surface area contributed by atoms with Crippen LogP contribution in [0.3, 0.4) is 0 Å². The zero-order valence-electron chi connectivity index (χ0n) is 14.1. The van der Waals surface area contributed by atoms with Gasteiger partial charge in [-0.1, -0.05) is 23.7 Å². The molecule has 1 aliphatic rings. The Morgan fingerprint density at radius 1 is 1.23 bits per heavy atom. The van der Waals surface area contributed by atoms with Gasteiger partial charge in [0.2, 0.25) is 5.91 Å². The van der Waals surface area contributed by atoms with Crippen LogP contribution in [0.15, 0.2) is 53.6 Å². The highest BCUT2D eigenvalue weighted by molar-refractivity contribution is 8.00. The quantitative estimate of drug-likeness (QED) is 0.526. The van der Waals surface area contributed by atoms with Gasteiger partial charge in [0.25, 0.3) is 0 Å². The van der Waals surface area contributed by atoms with Crippen LogP contribution in [0.4, 0.5) is 0 Å². The fourth-order valence-corrected chi connectivity index (χ4v) is 3.63. The van der Waals surface area contributed by atoms with Crippen LogP contribution < -0.4 is 10.2 Å². The summed E-state index contributed by atoms with van der Waals surface area (Å²) in [5.41, 5.74) is 4.60. The molecule has 0 aromatic heterocycles. The number of amides is 1. The van der Waals surface area contributed by atoms with Crippen molar-refractivity contribution in [3.05, 3.63) is 64.7 Å². The molecule has 2 aromatic carbocycles. The summed E-state index contributed by atoms with van der Waals surface area (Å²) in [6, 6.07) is 15.3. The molecule has 0 radical (unpaired) electrons. The third-order valence-corrected chi connectivity index (χ3v) is 6.08. The average Bonchev–Trinajstić information content (AvgIpc) is 2.61. The van der Waals surface area contributed by atoms with Crippen molar-refractivity contribution in [1.29, 1.82) is 0 Å². The first-order chi connectivity index (χ1) is 12.7. The first kappa shape index (κ1) is 19.1. The number of hydrogen-bond acceptors (Lipinski definition) is 5. The normalized spacial score (nSPS) is 14.2. The highest BCUT2D eigenvalue weighted by atomic mass is 35.5. The Morgan fingerprint density at radius 3 is 2.62 bits per heavy atom. The average molecular weight is 407 g/mol. The maximum atomic E-state index is 11.8. The Kier molecular flexibility index (Phi) is 7.29. The summed E-state index contributed by atoms with van der Waals surface area (Å²) in [5.74, 6) is 3.98. The predicted octanol–water partition coefficient (Wildman–Crippen LogP) is 4.22. The largest absolute Gasteiger partial charge is 0.489 e. The number of halogens is 1. The minimum atomic E-state index is -0.123. The van der Waals surface area contributed by atoms with Crippen LogP contribution in [-0.4, -0.2) is 35.5 Å². The van der Waals surface area contributed by atoms with E-state index in [1.165, 1.54) is 11.8 Å². The van der Waals surface area contributed by atoms with Gasteiger partial charge in [0.05, 0.1) is 12.0 Å². The van der Waals surface area contributed by atoms with E-state index >= 15 is 0 Å². The molecule has 0 unspecified atom stereocenters. The highest BCUT2D eigenvalue weighted by Gasteiger charge is 2.19. The minimum Gasteiger partial charge on any atom is -0.489 e.